The molecule has 1 aromatic carbocycles. The van der Waals surface area contributed by atoms with Crippen LogP contribution < -0.4 is 0 Å². The highest BCUT2D eigenvalue weighted by Gasteiger charge is 2.04. The van der Waals surface area contributed by atoms with Gasteiger partial charge < -0.3 is 0 Å². The summed E-state index contributed by atoms with van der Waals surface area (Å²) in [5.41, 5.74) is 10.6. The molecule has 0 fully saturated rings. The van der Waals surface area contributed by atoms with Crippen LogP contribution in [0.5, 0.6) is 0 Å². The molecule has 3 nitrogen and oxygen atoms in total. The third-order valence-electron chi connectivity index (χ3n) is 1.81. The molecule has 0 aliphatic rings. The molecule has 3 heteroatoms. The smallest absolute Gasteiger partial charge is 0.0808 e. The maximum Gasteiger partial charge on any atom is 0.0808 e. The summed E-state index contributed by atoms with van der Waals surface area (Å²) < 4.78 is 0. The molecule has 1 atom stereocenters. The van der Waals surface area contributed by atoms with Crippen LogP contribution in [0.1, 0.15) is 25.5 Å². The van der Waals surface area contributed by atoms with E-state index in [-0.39, 0.29) is 6.04 Å². The van der Waals surface area contributed by atoms with Gasteiger partial charge in [-0.25, -0.2) is 0 Å². The molecule has 0 aromatic heterocycles. The Balaban J connectivity index is 3.01. The van der Waals surface area contributed by atoms with E-state index < -0.39 is 0 Å². The second-order valence-electron chi connectivity index (χ2n) is 3.30. The van der Waals surface area contributed by atoms with E-state index in [1.807, 2.05) is 50.3 Å². The molecule has 0 aliphatic carbocycles. The average Bonchev–Trinajstić information content (AvgIpc) is 2.18. The lowest BCUT2D eigenvalue weighted by atomic mass is 10.1. The summed E-state index contributed by atoms with van der Waals surface area (Å²) in [7, 11) is 0. The first-order valence-corrected chi connectivity index (χ1v) is 4.48. The molecule has 0 saturated heterocycles. The SMILES string of the molecule is CC(C)=CC(N=[N+]=[N-])c1ccccc1. The zero-order valence-corrected chi connectivity index (χ0v) is 8.38. The number of nitrogens with zero attached hydrogens (tertiary/aromatic N) is 3. The van der Waals surface area contributed by atoms with Crippen molar-refractivity contribution >= 4 is 0 Å². The van der Waals surface area contributed by atoms with Gasteiger partial charge >= 0.3 is 0 Å². The van der Waals surface area contributed by atoms with Crippen LogP contribution >= 0.6 is 0 Å². The second kappa shape index (κ2) is 5.10. The molecule has 0 amide bonds. The van der Waals surface area contributed by atoms with Crippen molar-refractivity contribution in [3.8, 4) is 0 Å². The number of benzene rings is 1. The molecule has 0 spiro atoms. The average molecular weight is 187 g/mol. The molecule has 1 unspecified atom stereocenters. The first-order chi connectivity index (χ1) is 6.74. The highest BCUT2D eigenvalue weighted by Crippen LogP contribution is 2.20. The lowest BCUT2D eigenvalue weighted by Crippen LogP contribution is -1.90. The van der Waals surface area contributed by atoms with Crippen LogP contribution in [0, 0.1) is 0 Å². The number of rotatable bonds is 3. The normalized spacial score (nSPS) is 11.3. The van der Waals surface area contributed by atoms with E-state index in [9.17, 15) is 0 Å². The van der Waals surface area contributed by atoms with Crippen LogP contribution in [0.4, 0.5) is 0 Å². The van der Waals surface area contributed by atoms with Crippen LogP contribution in [0.25, 0.3) is 10.4 Å². The van der Waals surface area contributed by atoms with Crippen molar-refractivity contribution in [3.05, 3.63) is 58.0 Å². The van der Waals surface area contributed by atoms with Gasteiger partial charge in [0, 0.05) is 4.91 Å². The molecular formula is C11H13N3. The largest absolute Gasteiger partial charge is 0.0818 e. The molecular weight excluding hydrogens is 174 g/mol. The van der Waals surface area contributed by atoms with Crippen LogP contribution in [0.15, 0.2) is 47.1 Å². The molecule has 1 rings (SSSR count). The summed E-state index contributed by atoms with van der Waals surface area (Å²) >= 11 is 0. The summed E-state index contributed by atoms with van der Waals surface area (Å²) in [5.74, 6) is 0. The summed E-state index contributed by atoms with van der Waals surface area (Å²) in [6.45, 7) is 3.98. The van der Waals surface area contributed by atoms with Gasteiger partial charge in [-0.2, -0.15) is 0 Å². The number of hydrogen-bond acceptors (Lipinski definition) is 1. The summed E-state index contributed by atoms with van der Waals surface area (Å²) in [4.78, 5) is 2.85. The fourth-order valence-corrected chi connectivity index (χ4v) is 1.22. The summed E-state index contributed by atoms with van der Waals surface area (Å²) in [6, 6.07) is 9.55. The van der Waals surface area contributed by atoms with E-state index in [4.69, 9.17) is 5.53 Å². The predicted octanol–water partition coefficient (Wildman–Crippen LogP) is 4.00. The van der Waals surface area contributed by atoms with Crippen molar-refractivity contribution in [2.75, 3.05) is 0 Å². The maximum atomic E-state index is 8.44. The van der Waals surface area contributed by atoms with Crippen LogP contribution in [0.2, 0.25) is 0 Å². The van der Waals surface area contributed by atoms with Gasteiger partial charge in [-0.1, -0.05) is 47.1 Å². The molecule has 1 aromatic rings. The first kappa shape index (κ1) is 10.4. The quantitative estimate of drug-likeness (QED) is 0.297. The minimum absolute atomic E-state index is 0.189. The molecule has 0 radical (unpaired) electrons. The second-order valence-corrected chi connectivity index (χ2v) is 3.30. The zero-order chi connectivity index (χ0) is 10.4. The molecule has 0 aliphatic heterocycles. The van der Waals surface area contributed by atoms with Crippen LogP contribution in [0.3, 0.4) is 0 Å². The van der Waals surface area contributed by atoms with Gasteiger partial charge in [0.15, 0.2) is 0 Å². The lowest BCUT2D eigenvalue weighted by molar-refractivity contribution is 0.886. The van der Waals surface area contributed by atoms with E-state index in [1.165, 1.54) is 0 Å². The zero-order valence-electron chi connectivity index (χ0n) is 8.38. The van der Waals surface area contributed by atoms with E-state index in [0.29, 0.717) is 0 Å². The molecule has 0 saturated carbocycles. The maximum absolute atomic E-state index is 8.44. The molecule has 0 heterocycles. The van der Waals surface area contributed by atoms with Gasteiger partial charge in [0.25, 0.3) is 0 Å². The Hall–Kier alpha value is -1.73. The third-order valence-corrected chi connectivity index (χ3v) is 1.81. The highest BCUT2D eigenvalue weighted by atomic mass is 15.1. The van der Waals surface area contributed by atoms with Crippen molar-refractivity contribution in [1.29, 1.82) is 0 Å². The van der Waals surface area contributed by atoms with Crippen molar-refractivity contribution in [2.45, 2.75) is 19.9 Å². The van der Waals surface area contributed by atoms with E-state index >= 15 is 0 Å². The van der Waals surface area contributed by atoms with Gasteiger partial charge in [-0.3, -0.25) is 0 Å². The van der Waals surface area contributed by atoms with Gasteiger partial charge in [0.1, 0.15) is 0 Å². The van der Waals surface area contributed by atoms with Gasteiger partial charge in [-0.15, -0.1) is 0 Å². The number of hydrogen-bond donors (Lipinski definition) is 0. The van der Waals surface area contributed by atoms with Crippen molar-refractivity contribution in [3.63, 3.8) is 0 Å². The third kappa shape index (κ3) is 2.96. The first-order valence-electron chi connectivity index (χ1n) is 4.48. The van der Waals surface area contributed by atoms with Crippen molar-refractivity contribution in [2.24, 2.45) is 5.11 Å². The number of azide groups is 1. The molecule has 14 heavy (non-hydrogen) atoms. The van der Waals surface area contributed by atoms with Gasteiger partial charge in [0.2, 0.25) is 0 Å². The predicted molar refractivity (Wildman–Crippen MR) is 57.8 cm³/mol. The lowest BCUT2D eigenvalue weighted by Gasteiger charge is -2.06. The van der Waals surface area contributed by atoms with Gasteiger partial charge in [-0.05, 0) is 24.9 Å². The highest BCUT2D eigenvalue weighted by molar-refractivity contribution is 5.24. The Morgan fingerprint density at radius 3 is 2.50 bits per heavy atom. The minimum atomic E-state index is -0.189. The topological polar surface area (TPSA) is 48.8 Å². The fourth-order valence-electron chi connectivity index (χ4n) is 1.22. The summed E-state index contributed by atoms with van der Waals surface area (Å²) in [5, 5.41) is 3.74. The summed E-state index contributed by atoms with van der Waals surface area (Å²) in [6.07, 6.45) is 1.95. The Labute approximate surface area is 83.7 Å². The Morgan fingerprint density at radius 2 is 2.00 bits per heavy atom. The number of allylic oxidation sites excluding steroid dienone is 1. The fraction of sp³-hybridized carbons (Fsp3) is 0.273. The van der Waals surface area contributed by atoms with Crippen molar-refractivity contribution in [1.82, 2.24) is 0 Å². The monoisotopic (exact) mass is 187 g/mol. The van der Waals surface area contributed by atoms with Gasteiger partial charge in [0.05, 0.1) is 6.04 Å². The van der Waals surface area contributed by atoms with E-state index in [1.54, 1.807) is 0 Å². The Bertz CT molecular complexity index is 357. The van der Waals surface area contributed by atoms with Crippen molar-refractivity contribution < 1.29 is 0 Å². The van der Waals surface area contributed by atoms with Crippen LogP contribution in [-0.2, 0) is 0 Å². The minimum Gasteiger partial charge on any atom is -0.0818 e. The molecule has 0 bridgehead atoms. The Morgan fingerprint density at radius 1 is 1.36 bits per heavy atom. The Kier molecular flexibility index (Phi) is 3.77. The molecule has 0 N–H and O–H groups in total. The standard InChI is InChI=1S/C11H13N3/c1-9(2)8-11(13-14-12)10-6-4-3-5-7-10/h3-8,11H,1-2H3. The molecule has 72 valence electrons. The van der Waals surface area contributed by atoms with E-state index in [2.05, 4.69) is 10.0 Å². The van der Waals surface area contributed by atoms with E-state index in [0.717, 1.165) is 11.1 Å². The van der Waals surface area contributed by atoms with Crippen LogP contribution in [-0.4, -0.2) is 0 Å².